The monoisotopic (exact) mass is 429 g/mol. The molecule has 0 spiro atoms. The van der Waals surface area contributed by atoms with E-state index < -0.39 is 17.9 Å². The highest BCUT2D eigenvalue weighted by Crippen LogP contribution is 2.05. The second-order valence-corrected chi connectivity index (χ2v) is 7.23. The largest absolute Gasteiger partial charge is 0.370 e. The highest BCUT2D eigenvalue weighted by atomic mass is 16.5. The zero-order chi connectivity index (χ0) is 22.5. The molecule has 2 amide bonds. The van der Waals surface area contributed by atoms with E-state index in [2.05, 4.69) is 20.9 Å². The van der Waals surface area contributed by atoms with Crippen LogP contribution < -0.4 is 33.2 Å². The molecule has 0 aromatic rings. The van der Waals surface area contributed by atoms with E-state index in [0.717, 1.165) is 70.9 Å². The Labute approximate surface area is 181 Å². The Bertz CT molecular complexity index is 471. The lowest BCUT2D eigenvalue weighted by Gasteiger charge is -2.15. The summed E-state index contributed by atoms with van der Waals surface area (Å²) in [6.07, 6.45) is 7.79. The maximum absolute atomic E-state index is 12.2. The van der Waals surface area contributed by atoms with Crippen molar-refractivity contribution in [3.63, 3.8) is 0 Å². The van der Waals surface area contributed by atoms with Crippen molar-refractivity contribution < 1.29 is 14.3 Å². The number of amides is 2. The van der Waals surface area contributed by atoms with E-state index in [-0.39, 0.29) is 5.96 Å². The molecular formula is C20H43N7O3. The van der Waals surface area contributed by atoms with E-state index in [1.165, 1.54) is 7.11 Å². The molecule has 30 heavy (non-hydrogen) atoms. The van der Waals surface area contributed by atoms with E-state index in [0.29, 0.717) is 26.2 Å². The quantitative estimate of drug-likeness (QED) is 0.0659. The molecule has 0 aliphatic carbocycles. The van der Waals surface area contributed by atoms with Crippen molar-refractivity contribution >= 4 is 17.8 Å². The predicted molar refractivity (Wildman–Crippen MR) is 121 cm³/mol. The minimum atomic E-state index is -1.11. The number of methoxy groups -OCH3 is 1. The average Bonchev–Trinajstić information content (AvgIpc) is 2.71. The Hall–Kier alpha value is -1.91. The van der Waals surface area contributed by atoms with Gasteiger partial charge in [-0.2, -0.15) is 0 Å². The summed E-state index contributed by atoms with van der Waals surface area (Å²) in [7, 11) is 1.37. The van der Waals surface area contributed by atoms with Crippen LogP contribution in [0.1, 0.15) is 57.8 Å². The van der Waals surface area contributed by atoms with E-state index in [9.17, 15) is 9.59 Å². The van der Waals surface area contributed by atoms with Crippen molar-refractivity contribution in [2.45, 2.75) is 63.9 Å². The molecule has 10 heteroatoms. The van der Waals surface area contributed by atoms with Crippen molar-refractivity contribution in [2.24, 2.45) is 22.2 Å². The first-order valence-corrected chi connectivity index (χ1v) is 11.1. The second kappa shape index (κ2) is 20.4. The van der Waals surface area contributed by atoms with Gasteiger partial charge in [-0.15, -0.1) is 0 Å². The Morgan fingerprint density at radius 3 is 1.87 bits per heavy atom. The fourth-order valence-electron chi connectivity index (χ4n) is 2.82. The third-order valence-corrected chi connectivity index (χ3v) is 4.53. The second-order valence-electron chi connectivity index (χ2n) is 7.23. The maximum Gasteiger partial charge on any atom is 0.258 e. The maximum atomic E-state index is 12.2. The van der Waals surface area contributed by atoms with Gasteiger partial charge in [-0.25, -0.2) is 0 Å². The number of nitrogens with one attached hydrogen (secondary N) is 3. The molecule has 0 aromatic heterocycles. The summed E-state index contributed by atoms with van der Waals surface area (Å²) >= 11 is 0. The standard InChI is InChI=1S/C20H43N7O3/c1-30-17(19(29)26-15-9-8-12-24-13-10-11-21)18(28)25-14-6-4-2-3-5-7-16-27-20(22)23/h17,24H,2-16,21H2,1H3,(H,25,28)(H,26,29)(H4,22,23,27). The van der Waals surface area contributed by atoms with Gasteiger partial charge in [0.1, 0.15) is 0 Å². The van der Waals surface area contributed by atoms with Crippen LogP contribution >= 0.6 is 0 Å². The SMILES string of the molecule is COC(C(=O)NCCCCCCCCN=C(N)N)C(=O)NCCCCNCCCN. The zero-order valence-corrected chi connectivity index (χ0v) is 18.6. The van der Waals surface area contributed by atoms with Crippen LogP contribution in [0.3, 0.4) is 0 Å². The fourth-order valence-corrected chi connectivity index (χ4v) is 2.82. The molecular weight excluding hydrogens is 386 g/mol. The molecule has 0 saturated carbocycles. The number of ether oxygens (including phenoxy) is 1. The van der Waals surface area contributed by atoms with Crippen LogP contribution in [0, 0.1) is 0 Å². The third kappa shape index (κ3) is 17.0. The molecule has 0 radical (unpaired) electrons. The Balaban J connectivity index is 3.71. The first-order chi connectivity index (χ1) is 14.5. The van der Waals surface area contributed by atoms with E-state index in [1.54, 1.807) is 0 Å². The summed E-state index contributed by atoms with van der Waals surface area (Å²) < 4.78 is 5.07. The zero-order valence-electron chi connectivity index (χ0n) is 18.6. The normalized spacial score (nSPS) is 11.7. The number of nitrogens with zero attached hydrogens (tertiary/aromatic N) is 1. The van der Waals surface area contributed by atoms with Gasteiger partial charge < -0.3 is 37.9 Å². The highest BCUT2D eigenvalue weighted by molar-refractivity contribution is 6.03. The van der Waals surface area contributed by atoms with Gasteiger partial charge >= 0.3 is 0 Å². The lowest BCUT2D eigenvalue weighted by molar-refractivity contribution is -0.143. The molecule has 0 bridgehead atoms. The molecule has 10 nitrogen and oxygen atoms in total. The summed E-state index contributed by atoms with van der Waals surface area (Å²) in [5.74, 6) is -0.650. The lowest BCUT2D eigenvalue weighted by atomic mass is 10.1. The molecule has 1 unspecified atom stereocenters. The summed E-state index contributed by atoms with van der Waals surface area (Å²) in [4.78, 5) is 28.2. The van der Waals surface area contributed by atoms with Crippen molar-refractivity contribution in [3.8, 4) is 0 Å². The van der Waals surface area contributed by atoms with E-state index in [4.69, 9.17) is 21.9 Å². The van der Waals surface area contributed by atoms with Crippen molar-refractivity contribution in [3.05, 3.63) is 0 Å². The number of rotatable bonds is 20. The van der Waals surface area contributed by atoms with Crippen molar-refractivity contribution in [2.75, 3.05) is 46.4 Å². The molecule has 1 atom stereocenters. The average molecular weight is 430 g/mol. The van der Waals surface area contributed by atoms with Crippen LogP contribution in [-0.4, -0.2) is 70.3 Å². The number of hydrogen-bond donors (Lipinski definition) is 6. The minimum absolute atomic E-state index is 0.139. The smallest absolute Gasteiger partial charge is 0.258 e. The van der Waals surface area contributed by atoms with Gasteiger partial charge in [-0.1, -0.05) is 25.7 Å². The minimum Gasteiger partial charge on any atom is -0.370 e. The lowest BCUT2D eigenvalue weighted by Crippen LogP contribution is -2.47. The first-order valence-electron chi connectivity index (χ1n) is 11.1. The van der Waals surface area contributed by atoms with Crippen molar-refractivity contribution in [1.82, 2.24) is 16.0 Å². The van der Waals surface area contributed by atoms with E-state index >= 15 is 0 Å². The van der Waals surface area contributed by atoms with Crippen molar-refractivity contribution in [1.29, 1.82) is 0 Å². The molecule has 0 aliphatic heterocycles. The van der Waals surface area contributed by atoms with Crippen LogP contribution in [0.2, 0.25) is 0 Å². The van der Waals surface area contributed by atoms with Gasteiger partial charge in [-0.3, -0.25) is 14.6 Å². The van der Waals surface area contributed by atoms with Gasteiger partial charge in [0.15, 0.2) is 5.96 Å². The number of carbonyl (C=O) groups excluding carboxylic acids is 2. The van der Waals surface area contributed by atoms with Crippen LogP contribution in [0.15, 0.2) is 4.99 Å². The topological polar surface area (TPSA) is 170 Å². The van der Waals surface area contributed by atoms with Gasteiger partial charge in [0.25, 0.3) is 11.8 Å². The van der Waals surface area contributed by atoms with Gasteiger partial charge in [0, 0.05) is 26.7 Å². The number of hydrogen-bond acceptors (Lipinski definition) is 6. The van der Waals surface area contributed by atoms with Crippen LogP contribution in [0.4, 0.5) is 0 Å². The summed E-state index contributed by atoms with van der Waals surface area (Å²) in [6, 6.07) is 0. The fraction of sp³-hybridized carbons (Fsp3) is 0.850. The molecule has 176 valence electrons. The van der Waals surface area contributed by atoms with Gasteiger partial charge in [0.2, 0.25) is 6.10 Å². The Kier molecular flexibility index (Phi) is 19.1. The molecule has 0 aliphatic rings. The Morgan fingerprint density at radius 1 is 0.800 bits per heavy atom. The molecule has 9 N–H and O–H groups in total. The summed E-state index contributed by atoms with van der Waals surface area (Å²) in [6.45, 7) is 4.21. The highest BCUT2D eigenvalue weighted by Gasteiger charge is 2.25. The molecule has 0 heterocycles. The number of unbranched alkanes of at least 4 members (excludes halogenated alkanes) is 6. The first kappa shape index (κ1) is 28.1. The molecule has 0 aromatic carbocycles. The molecule has 0 saturated heterocycles. The number of guanidine groups is 1. The van der Waals surface area contributed by atoms with Crippen LogP contribution in [0.5, 0.6) is 0 Å². The van der Waals surface area contributed by atoms with Crippen LogP contribution in [0.25, 0.3) is 0 Å². The summed E-state index contributed by atoms with van der Waals surface area (Å²) in [5, 5.41) is 8.82. The number of carbonyl (C=O) groups is 2. The number of nitrogens with two attached hydrogens (primary N) is 3. The molecule has 0 rings (SSSR count). The van der Waals surface area contributed by atoms with Crippen LogP contribution in [-0.2, 0) is 14.3 Å². The van der Waals surface area contributed by atoms with E-state index in [1.807, 2.05) is 0 Å². The predicted octanol–water partition coefficient (Wildman–Crippen LogP) is -0.434. The van der Waals surface area contributed by atoms with Gasteiger partial charge in [0.05, 0.1) is 0 Å². The molecule has 0 fully saturated rings. The Morgan fingerprint density at radius 2 is 1.30 bits per heavy atom. The summed E-state index contributed by atoms with van der Waals surface area (Å²) in [5.41, 5.74) is 16.0. The number of aliphatic imine (C=N–C) groups is 1. The third-order valence-electron chi connectivity index (χ3n) is 4.53. The van der Waals surface area contributed by atoms with Gasteiger partial charge in [-0.05, 0) is 51.7 Å².